The van der Waals surface area contributed by atoms with Crippen molar-refractivity contribution in [1.29, 1.82) is 0 Å². The first-order chi connectivity index (χ1) is 9.25. The quantitative estimate of drug-likeness (QED) is 0.894. The molecule has 7 heteroatoms. The van der Waals surface area contributed by atoms with E-state index in [4.69, 9.17) is 0 Å². The van der Waals surface area contributed by atoms with Crippen LogP contribution in [0.4, 0.5) is 5.13 Å². The Balaban J connectivity index is 1.59. The summed E-state index contributed by atoms with van der Waals surface area (Å²) in [5.74, 6) is -0.663. The van der Waals surface area contributed by atoms with Gasteiger partial charge in [0, 0.05) is 30.7 Å². The van der Waals surface area contributed by atoms with Crippen LogP contribution in [0.2, 0.25) is 0 Å². The molecule has 1 aromatic rings. The van der Waals surface area contributed by atoms with E-state index < -0.39 is 5.97 Å². The summed E-state index contributed by atoms with van der Waals surface area (Å²) in [4.78, 5) is 19.9. The predicted octanol–water partition coefficient (Wildman–Crippen LogP) is 1.06. The molecule has 2 aliphatic rings. The van der Waals surface area contributed by atoms with Crippen LogP contribution >= 0.6 is 11.5 Å². The number of likely N-dealkylation sites (tertiary alicyclic amines) is 1. The maximum Gasteiger partial charge on any atom is 0.320 e. The van der Waals surface area contributed by atoms with Gasteiger partial charge in [-0.25, -0.2) is 4.98 Å². The lowest BCUT2D eigenvalue weighted by atomic mass is 10.0. The van der Waals surface area contributed by atoms with Crippen molar-refractivity contribution in [1.82, 2.24) is 14.3 Å². The molecule has 0 radical (unpaired) electrons. The van der Waals surface area contributed by atoms with Crippen LogP contribution in [0.25, 0.3) is 0 Å². The summed E-state index contributed by atoms with van der Waals surface area (Å²) in [6.07, 6.45) is 5.43. The maximum absolute atomic E-state index is 11.2. The number of hydrogen-bond acceptors (Lipinski definition) is 6. The average Bonchev–Trinajstić information content (AvgIpc) is 3.10. The van der Waals surface area contributed by atoms with Crippen molar-refractivity contribution >= 4 is 22.6 Å². The van der Waals surface area contributed by atoms with E-state index in [1.54, 1.807) is 6.33 Å². The van der Waals surface area contributed by atoms with Gasteiger partial charge in [0.15, 0.2) is 0 Å². The average molecular weight is 282 g/mol. The van der Waals surface area contributed by atoms with Crippen molar-refractivity contribution in [3.63, 3.8) is 0 Å². The van der Waals surface area contributed by atoms with Gasteiger partial charge < -0.3 is 10.0 Å². The lowest BCUT2D eigenvalue weighted by Crippen LogP contribution is -2.48. The van der Waals surface area contributed by atoms with E-state index in [2.05, 4.69) is 19.2 Å². The van der Waals surface area contributed by atoms with Gasteiger partial charge >= 0.3 is 5.97 Å². The van der Waals surface area contributed by atoms with Crippen molar-refractivity contribution in [3.8, 4) is 0 Å². The van der Waals surface area contributed by atoms with E-state index in [-0.39, 0.29) is 6.04 Å². The first kappa shape index (κ1) is 12.8. The Hall–Kier alpha value is -1.21. The van der Waals surface area contributed by atoms with Gasteiger partial charge in [0.1, 0.15) is 12.4 Å². The Kier molecular flexibility index (Phi) is 3.65. The second kappa shape index (κ2) is 5.42. The molecule has 2 fully saturated rings. The number of rotatable bonds is 3. The first-order valence-corrected chi connectivity index (χ1v) is 7.53. The molecule has 1 N–H and O–H groups in total. The van der Waals surface area contributed by atoms with Crippen molar-refractivity contribution in [2.45, 2.75) is 37.8 Å². The molecule has 0 bridgehead atoms. The van der Waals surface area contributed by atoms with Gasteiger partial charge in [-0.15, -0.1) is 0 Å². The van der Waals surface area contributed by atoms with E-state index in [9.17, 15) is 9.90 Å². The van der Waals surface area contributed by atoms with Gasteiger partial charge in [-0.3, -0.25) is 9.69 Å². The van der Waals surface area contributed by atoms with Crippen molar-refractivity contribution in [2.75, 3.05) is 24.5 Å². The summed E-state index contributed by atoms with van der Waals surface area (Å²) in [7, 11) is 0. The molecule has 0 aliphatic carbocycles. The highest BCUT2D eigenvalue weighted by Crippen LogP contribution is 2.28. The second-order valence-corrected chi connectivity index (χ2v) is 5.93. The summed E-state index contributed by atoms with van der Waals surface area (Å²) < 4.78 is 4.03. The molecule has 3 heterocycles. The van der Waals surface area contributed by atoms with Gasteiger partial charge in [0.25, 0.3) is 0 Å². The molecule has 0 amide bonds. The molecule has 19 heavy (non-hydrogen) atoms. The fourth-order valence-corrected chi connectivity index (χ4v) is 3.77. The predicted molar refractivity (Wildman–Crippen MR) is 72.5 cm³/mol. The van der Waals surface area contributed by atoms with Crippen molar-refractivity contribution < 1.29 is 9.90 Å². The lowest BCUT2D eigenvalue weighted by molar-refractivity contribution is -0.143. The minimum absolute atomic E-state index is 0.266. The highest BCUT2D eigenvalue weighted by atomic mass is 32.1. The molecule has 0 aromatic carbocycles. The number of nitrogens with zero attached hydrogens (tertiary/aromatic N) is 4. The third-order valence-corrected chi connectivity index (χ3v) is 4.86. The Morgan fingerprint density at radius 2 is 2.11 bits per heavy atom. The molecular formula is C12H18N4O2S. The Morgan fingerprint density at radius 1 is 1.32 bits per heavy atom. The molecule has 0 spiro atoms. The van der Waals surface area contributed by atoms with Crippen LogP contribution < -0.4 is 4.90 Å². The molecule has 6 nitrogen and oxygen atoms in total. The second-order valence-electron chi connectivity index (χ2n) is 5.18. The molecule has 1 unspecified atom stereocenters. The minimum atomic E-state index is -0.663. The maximum atomic E-state index is 11.2. The van der Waals surface area contributed by atoms with E-state index in [1.807, 2.05) is 0 Å². The van der Waals surface area contributed by atoms with Gasteiger partial charge in [-0.05, 0) is 32.2 Å². The molecule has 2 aliphatic heterocycles. The minimum Gasteiger partial charge on any atom is -0.480 e. The highest BCUT2D eigenvalue weighted by Gasteiger charge is 2.36. The number of carboxylic acid groups (broad SMARTS) is 1. The largest absolute Gasteiger partial charge is 0.480 e. The lowest BCUT2D eigenvalue weighted by Gasteiger charge is -2.38. The van der Waals surface area contributed by atoms with E-state index in [0.717, 1.165) is 50.4 Å². The standard InChI is InChI=1S/C12H18N4O2S/c17-11(18)10-2-1-5-16(10)9-3-6-15(7-4-9)12-13-8-14-19-12/h8-10H,1-7H2,(H,17,18). The molecule has 3 rings (SSSR count). The fraction of sp³-hybridized carbons (Fsp3) is 0.750. The van der Waals surface area contributed by atoms with E-state index >= 15 is 0 Å². The number of anilines is 1. The molecule has 2 saturated heterocycles. The van der Waals surface area contributed by atoms with Crippen LogP contribution in [0.15, 0.2) is 6.33 Å². The zero-order chi connectivity index (χ0) is 13.2. The van der Waals surface area contributed by atoms with Crippen LogP contribution in [0.3, 0.4) is 0 Å². The topological polar surface area (TPSA) is 69.6 Å². The van der Waals surface area contributed by atoms with E-state index in [1.165, 1.54) is 11.5 Å². The summed E-state index contributed by atoms with van der Waals surface area (Å²) in [5.41, 5.74) is 0. The van der Waals surface area contributed by atoms with Gasteiger partial charge in [0.05, 0.1) is 0 Å². The molecular weight excluding hydrogens is 264 g/mol. The number of carboxylic acids is 1. The molecule has 0 saturated carbocycles. The molecule has 1 aromatic heterocycles. The van der Waals surface area contributed by atoms with Crippen molar-refractivity contribution in [3.05, 3.63) is 6.33 Å². The highest BCUT2D eigenvalue weighted by molar-refractivity contribution is 7.09. The summed E-state index contributed by atoms with van der Waals surface area (Å²) in [6.45, 7) is 2.83. The van der Waals surface area contributed by atoms with Crippen LogP contribution in [0, 0.1) is 0 Å². The fourth-order valence-electron chi connectivity index (χ4n) is 3.19. The normalized spacial score (nSPS) is 25.9. The third-order valence-electron chi connectivity index (χ3n) is 4.13. The van der Waals surface area contributed by atoms with Crippen LogP contribution in [0.5, 0.6) is 0 Å². The molecule has 104 valence electrons. The Morgan fingerprint density at radius 3 is 2.74 bits per heavy atom. The summed E-state index contributed by atoms with van der Waals surface area (Å²) in [6, 6.07) is 0.144. The van der Waals surface area contributed by atoms with Gasteiger partial charge in [-0.2, -0.15) is 4.37 Å². The number of aromatic nitrogens is 2. The molecule has 1 atom stereocenters. The van der Waals surface area contributed by atoms with Crippen LogP contribution in [0.1, 0.15) is 25.7 Å². The number of carbonyl (C=O) groups is 1. The zero-order valence-electron chi connectivity index (χ0n) is 10.7. The van der Waals surface area contributed by atoms with Crippen LogP contribution in [-0.4, -0.2) is 57.1 Å². The summed E-state index contributed by atoms with van der Waals surface area (Å²) in [5, 5.41) is 10.2. The van der Waals surface area contributed by atoms with Gasteiger partial charge in [-0.1, -0.05) is 0 Å². The number of aliphatic carboxylic acids is 1. The SMILES string of the molecule is O=C(O)C1CCCN1C1CCN(c2ncns2)CC1. The smallest absolute Gasteiger partial charge is 0.320 e. The zero-order valence-corrected chi connectivity index (χ0v) is 11.6. The number of piperidine rings is 1. The summed E-state index contributed by atoms with van der Waals surface area (Å²) >= 11 is 1.43. The first-order valence-electron chi connectivity index (χ1n) is 6.76. The Labute approximate surface area is 116 Å². The third kappa shape index (κ3) is 2.57. The van der Waals surface area contributed by atoms with Crippen molar-refractivity contribution in [2.24, 2.45) is 0 Å². The monoisotopic (exact) mass is 282 g/mol. The number of hydrogen-bond donors (Lipinski definition) is 1. The van der Waals surface area contributed by atoms with Crippen LogP contribution in [-0.2, 0) is 4.79 Å². The Bertz CT molecular complexity index is 431. The van der Waals surface area contributed by atoms with Gasteiger partial charge in [0.2, 0.25) is 5.13 Å². The van der Waals surface area contributed by atoms with E-state index in [0.29, 0.717) is 6.04 Å².